The first-order chi connectivity index (χ1) is 9.13. The van der Waals surface area contributed by atoms with Gasteiger partial charge in [0.1, 0.15) is 0 Å². The van der Waals surface area contributed by atoms with Crippen LogP contribution in [0.2, 0.25) is 0 Å². The quantitative estimate of drug-likeness (QED) is 0.842. The molecule has 1 N–H and O–H groups in total. The summed E-state index contributed by atoms with van der Waals surface area (Å²) in [5.74, 6) is -0.129. The second-order valence-corrected chi connectivity index (χ2v) is 6.08. The molecule has 1 saturated heterocycles. The fraction of sp³-hybridized carbons (Fsp3) is 0.571. The Labute approximate surface area is 117 Å². The van der Waals surface area contributed by atoms with Crippen molar-refractivity contribution < 1.29 is 9.90 Å². The van der Waals surface area contributed by atoms with Gasteiger partial charge < -0.3 is 10.0 Å². The lowest BCUT2D eigenvalue weighted by atomic mass is 10.0. The molecule has 104 valence electrons. The van der Waals surface area contributed by atoms with Crippen molar-refractivity contribution in [1.82, 2.24) is 9.88 Å². The molecule has 0 aliphatic carbocycles. The van der Waals surface area contributed by atoms with Crippen LogP contribution in [0.5, 0.6) is 0 Å². The minimum Gasteiger partial charge on any atom is -0.478 e. The Morgan fingerprint density at radius 1 is 1.68 bits per heavy atom. The predicted molar refractivity (Wildman–Crippen MR) is 77.3 cm³/mol. The summed E-state index contributed by atoms with van der Waals surface area (Å²) < 4.78 is 0. The highest BCUT2D eigenvalue weighted by Gasteiger charge is 2.16. The van der Waals surface area contributed by atoms with E-state index in [9.17, 15) is 4.79 Å². The van der Waals surface area contributed by atoms with Gasteiger partial charge in [0, 0.05) is 31.0 Å². The standard InChI is InChI=1S/C14H20N2O2S/c1-11-3-2-7-16(9-11)8-6-13-15-12(10-19-13)4-5-14(17)18/h4-5,10-11H,2-3,6-9H2,1H3,(H,17,18)/b5-4+. The van der Waals surface area contributed by atoms with Crippen LogP contribution >= 0.6 is 11.3 Å². The molecular formula is C14H20N2O2S. The highest BCUT2D eigenvalue weighted by Crippen LogP contribution is 2.17. The lowest BCUT2D eigenvalue weighted by molar-refractivity contribution is -0.131. The smallest absolute Gasteiger partial charge is 0.328 e. The van der Waals surface area contributed by atoms with Crippen LogP contribution < -0.4 is 0 Å². The van der Waals surface area contributed by atoms with Gasteiger partial charge in [0.25, 0.3) is 0 Å². The highest BCUT2D eigenvalue weighted by atomic mass is 32.1. The second kappa shape index (κ2) is 6.82. The number of hydrogen-bond acceptors (Lipinski definition) is 4. The lowest BCUT2D eigenvalue weighted by Gasteiger charge is -2.30. The zero-order valence-corrected chi connectivity index (χ0v) is 12.0. The number of aromatic nitrogens is 1. The number of carboxylic acid groups (broad SMARTS) is 1. The van der Waals surface area contributed by atoms with E-state index in [1.54, 1.807) is 17.4 Å². The molecule has 1 atom stereocenters. The number of hydrogen-bond donors (Lipinski definition) is 1. The van der Waals surface area contributed by atoms with Crippen LogP contribution in [0.1, 0.15) is 30.5 Å². The van der Waals surface area contributed by atoms with Crippen molar-refractivity contribution in [2.45, 2.75) is 26.2 Å². The average molecular weight is 280 g/mol. The molecule has 1 aliphatic rings. The molecular weight excluding hydrogens is 260 g/mol. The number of thiazole rings is 1. The first kappa shape index (κ1) is 14.2. The van der Waals surface area contributed by atoms with Gasteiger partial charge in [-0.1, -0.05) is 6.92 Å². The molecule has 1 aromatic rings. The Kier molecular flexibility index (Phi) is 5.10. The number of likely N-dealkylation sites (tertiary alicyclic amines) is 1. The van der Waals surface area contributed by atoms with Crippen LogP contribution in [0.4, 0.5) is 0 Å². The summed E-state index contributed by atoms with van der Waals surface area (Å²) in [6.45, 7) is 5.75. The Balaban J connectivity index is 1.81. The van der Waals surface area contributed by atoms with Gasteiger partial charge in [0.15, 0.2) is 0 Å². The maximum Gasteiger partial charge on any atom is 0.328 e. The molecule has 2 heterocycles. The minimum atomic E-state index is -0.933. The maximum atomic E-state index is 10.4. The first-order valence-corrected chi connectivity index (χ1v) is 7.59. The number of carboxylic acids is 1. The zero-order chi connectivity index (χ0) is 13.7. The molecule has 1 unspecified atom stereocenters. The largest absolute Gasteiger partial charge is 0.478 e. The molecule has 2 rings (SSSR count). The van der Waals surface area contributed by atoms with E-state index in [0.717, 1.165) is 35.7 Å². The van der Waals surface area contributed by atoms with Gasteiger partial charge in [-0.05, 0) is 31.4 Å². The fourth-order valence-corrected chi connectivity index (χ4v) is 3.17. The number of nitrogens with zero attached hydrogens (tertiary/aromatic N) is 2. The highest BCUT2D eigenvalue weighted by molar-refractivity contribution is 7.09. The lowest BCUT2D eigenvalue weighted by Crippen LogP contribution is -2.35. The first-order valence-electron chi connectivity index (χ1n) is 6.71. The van der Waals surface area contributed by atoms with Crippen molar-refractivity contribution in [3.63, 3.8) is 0 Å². The molecule has 0 bridgehead atoms. The van der Waals surface area contributed by atoms with Crippen LogP contribution in [-0.4, -0.2) is 40.6 Å². The van der Waals surface area contributed by atoms with Crippen molar-refractivity contribution in [3.05, 3.63) is 22.2 Å². The summed E-state index contributed by atoms with van der Waals surface area (Å²) in [6, 6.07) is 0. The molecule has 0 radical (unpaired) electrons. The molecule has 1 aliphatic heterocycles. The van der Waals surface area contributed by atoms with Crippen molar-refractivity contribution in [1.29, 1.82) is 0 Å². The Morgan fingerprint density at radius 3 is 3.26 bits per heavy atom. The SMILES string of the molecule is CC1CCCN(CCc2nc(/C=C/C(=O)O)cs2)C1. The summed E-state index contributed by atoms with van der Waals surface area (Å²) in [5.41, 5.74) is 0.745. The Bertz CT molecular complexity index is 456. The minimum absolute atomic E-state index is 0.745. The third-order valence-corrected chi connectivity index (χ3v) is 4.28. The summed E-state index contributed by atoms with van der Waals surface area (Å²) in [7, 11) is 0. The van der Waals surface area contributed by atoms with Gasteiger partial charge in [-0.15, -0.1) is 11.3 Å². The van der Waals surface area contributed by atoms with Gasteiger partial charge >= 0.3 is 5.97 Å². The topological polar surface area (TPSA) is 53.4 Å². The molecule has 0 aromatic carbocycles. The van der Waals surface area contributed by atoms with Crippen LogP contribution in [0, 0.1) is 5.92 Å². The van der Waals surface area contributed by atoms with Crippen molar-refractivity contribution in [2.24, 2.45) is 5.92 Å². The number of rotatable bonds is 5. The van der Waals surface area contributed by atoms with Gasteiger partial charge in [-0.25, -0.2) is 9.78 Å². The van der Waals surface area contributed by atoms with E-state index in [0.29, 0.717) is 0 Å². The Hall–Kier alpha value is -1.20. The van der Waals surface area contributed by atoms with E-state index < -0.39 is 5.97 Å². The van der Waals surface area contributed by atoms with Crippen LogP contribution in [0.3, 0.4) is 0 Å². The number of aliphatic carboxylic acids is 1. The van der Waals surface area contributed by atoms with Crippen LogP contribution in [-0.2, 0) is 11.2 Å². The fourth-order valence-electron chi connectivity index (χ4n) is 2.42. The van der Waals surface area contributed by atoms with Crippen molar-refractivity contribution >= 4 is 23.4 Å². The molecule has 1 fully saturated rings. The van der Waals surface area contributed by atoms with E-state index >= 15 is 0 Å². The van der Waals surface area contributed by atoms with Crippen LogP contribution in [0.15, 0.2) is 11.5 Å². The van der Waals surface area contributed by atoms with E-state index in [4.69, 9.17) is 5.11 Å². The normalized spacial score (nSPS) is 21.0. The summed E-state index contributed by atoms with van der Waals surface area (Å²) in [4.78, 5) is 17.4. The molecule has 0 amide bonds. The molecule has 0 spiro atoms. The van der Waals surface area contributed by atoms with E-state index in [1.165, 1.54) is 25.9 Å². The molecule has 1 aromatic heterocycles. The zero-order valence-electron chi connectivity index (χ0n) is 11.2. The average Bonchev–Trinajstić information content (AvgIpc) is 2.82. The third-order valence-electron chi connectivity index (χ3n) is 3.35. The summed E-state index contributed by atoms with van der Waals surface area (Å²) in [5, 5.41) is 11.6. The second-order valence-electron chi connectivity index (χ2n) is 5.14. The maximum absolute atomic E-state index is 10.4. The molecule has 0 saturated carbocycles. The van der Waals surface area contributed by atoms with E-state index in [-0.39, 0.29) is 0 Å². The monoisotopic (exact) mass is 280 g/mol. The van der Waals surface area contributed by atoms with Gasteiger partial charge in [0.2, 0.25) is 0 Å². The van der Waals surface area contributed by atoms with E-state index in [2.05, 4.69) is 16.8 Å². The van der Waals surface area contributed by atoms with Gasteiger partial charge in [-0.2, -0.15) is 0 Å². The Morgan fingerprint density at radius 2 is 2.53 bits per heavy atom. The number of carbonyl (C=O) groups is 1. The van der Waals surface area contributed by atoms with Crippen molar-refractivity contribution in [2.75, 3.05) is 19.6 Å². The van der Waals surface area contributed by atoms with E-state index in [1.807, 2.05) is 5.38 Å². The summed E-state index contributed by atoms with van der Waals surface area (Å²) >= 11 is 1.61. The molecule has 5 heteroatoms. The summed E-state index contributed by atoms with van der Waals surface area (Å²) in [6.07, 6.45) is 6.28. The number of piperidine rings is 1. The van der Waals surface area contributed by atoms with Crippen molar-refractivity contribution in [3.8, 4) is 0 Å². The predicted octanol–water partition coefficient (Wildman–Crippen LogP) is 2.52. The van der Waals surface area contributed by atoms with Crippen LogP contribution in [0.25, 0.3) is 6.08 Å². The van der Waals surface area contributed by atoms with Gasteiger partial charge in [0.05, 0.1) is 10.7 Å². The molecule has 4 nitrogen and oxygen atoms in total. The third kappa shape index (κ3) is 4.76. The molecule has 19 heavy (non-hydrogen) atoms. The van der Waals surface area contributed by atoms with Gasteiger partial charge in [-0.3, -0.25) is 0 Å².